The molecule has 0 saturated heterocycles. The van der Waals surface area contributed by atoms with Crippen LogP contribution in [0.1, 0.15) is 0 Å². The number of thiazole rings is 1. The molecule has 0 fully saturated rings. The summed E-state index contributed by atoms with van der Waals surface area (Å²) in [7, 11) is 0. The van der Waals surface area contributed by atoms with Gasteiger partial charge in [0, 0.05) is 51.4 Å². The second kappa shape index (κ2) is 10.4. The lowest BCUT2D eigenvalue weighted by atomic mass is 9.91. The van der Waals surface area contributed by atoms with Gasteiger partial charge in [-0.3, -0.25) is 15.0 Å². The van der Waals surface area contributed by atoms with E-state index in [2.05, 4.69) is 114 Å². The van der Waals surface area contributed by atoms with Gasteiger partial charge in [-0.1, -0.05) is 84.9 Å². The summed E-state index contributed by atoms with van der Waals surface area (Å²) in [4.78, 5) is 19.3. The maximum Gasteiger partial charge on any atom is 0.124 e. The molecule has 0 aliphatic carbocycles. The van der Waals surface area contributed by atoms with Gasteiger partial charge in [0.15, 0.2) is 0 Å². The van der Waals surface area contributed by atoms with E-state index in [9.17, 15) is 0 Å². The molecule has 0 atom stereocenters. The average molecular weight is 593 g/mol. The highest BCUT2D eigenvalue weighted by Crippen LogP contribution is 2.39. The van der Waals surface area contributed by atoms with E-state index in [1.165, 1.54) is 4.70 Å². The number of hydrogen-bond acceptors (Lipinski definition) is 5. The molecule has 4 nitrogen and oxygen atoms in total. The summed E-state index contributed by atoms with van der Waals surface area (Å²) in [5.74, 6) is 0. The molecule has 5 heteroatoms. The second-order valence-electron chi connectivity index (χ2n) is 11.2. The predicted molar refractivity (Wildman–Crippen MR) is 187 cm³/mol. The van der Waals surface area contributed by atoms with E-state index in [1.54, 1.807) is 11.3 Å². The van der Waals surface area contributed by atoms with Crippen molar-refractivity contribution >= 4 is 54.3 Å². The van der Waals surface area contributed by atoms with Crippen LogP contribution >= 0.6 is 11.3 Å². The third-order valence-corrected chi connectivity index (χ3v) is 9.46. The molecule has 0 aliphatic rings. The molecule has 45 heavy (non-hydrogen) atoms. The van der Waals surface area contributed by atoms with Crippen molar-refractivity contribution in [2.75, 3.05) is 0 Å². The number of pyridine rings is 3. The molecule has 210 valence electrons. The van der Waals surface area contributed by atoms with Crippen LogP contribution in [0.3, 0.4) is 0 Å². The molecule has 0 spiro atoms. The zero-order chi connectivity index (χ0) is 29.7. The summed E-state index contributed by atoms with van der Waals surface area (Å²) in [5.41, 5.74) is 11.6. The molecule has 0 bridgehead atoms. The highest BCUT2D eigenvalue weighted by Gasteiger charge is 2.14. The van der Waals surface area contributed by atoms with Crippen LogP contribution in [0.2, 0.25) is 0 Å². The summed E-state index contributed by atoms with van der Waals surface area (Å²) in [6, 6.07) is 44.6. The van der Waals surface area contributed by atoms with Crippen LogP contribution in [-0.4, -0.2) is 19.9 Å². The summed E-state index contributed by atoms with van der Waals surface area (Å²) < 4.78 is 1.17. The van der Waals surface area contributed by atoms with Crippen molar-refractivity contribution in [2.24, 2.45) is 0 Å². The minimum absolute atomic E-state index is 0.912. The molecule has 0 radical (unpaired) electrons. The number of para-hydroxylation sites is 1. The third-order valence-electron chi connectivity index (χ3n) is 8.40. The maximum atomic E-state index is 4.93. The van der Waals surface area contributed by atoms with Crippen molar-refractivity contribution in [2.45, 2.75) is 0 Å². The van der Waals surface area contributed by atoms with Crippen LogP contribution in [0.15, 0.2) is 146 Å². The third kappa shape index (κ3) is 4.53. The summed E-state index contributed by atoms with van der Waals surface area (Å²) in [6.07, 6.45) is 5.78. The standard InChI is InChI=1S/C40H24N4S/c1-2-7-26(8-3-1)40-44-36-17-15-28(22-37(36)45-40)27-14-16-33(34(21-27)32-19-29-9-4-5-11-35(29)42-23-32)31-20-30-13-12-25-10-6-18-41-38(25)39(30)43-24-31/h1-24H. The lowest BCUT2D eigenvalue weighted by molar-refractivity contribution is 1.37. The van der Waals surface area contributed by atoms with Gasteiger partial charge in [-0.15, -0.1) is 11.3 Å². The average Bonchev–Trinajstić information content (AvgIpc) is 3.55. The lowest BCUT2D eigenvalue weighted by Gasteiger charge is -2.14. The lowest BCUT2D eigenvalue weighted by Crippen LogP contribution is -1.91. The van der Waals surface area contributed by atoms with E-state index >= 15 is 0 Å². The summed E-state index contributed by atoms with van der Waals surface area (Å²) in [5, 5.41) is 4.30. The fraction of sp³-hybridized carbons (Fsp3) is 0. The van der Waals surface area contributed by atoms with E-state index in [1.807, 2.05) is 36.8 Å². The quantitative estimate of drug-likeness (QED) is 0.191. The number of rotatable bonds is 4. The van der Waals surface area contributed by atoms with Gasteiger partial charge >= 0.3 is 0 Å². The monoisotopic (exact) mass is 592 g/mol. The molecular weight excluding hydrogens is 569 g/mol. The minimum Gasteiger partial charge on any atom is -0.256 e. The minimum atomic E-state index is 0.912. The summed E-state index contributed by atoms with van der Waals surface area (Å²) >= 11 is 1.73. The van der Waals surface area contributed by atoms with Crippen molar-refractivity contribution in [1.82, 2.24) is 19.9 Å². The van der Waals surface area contributed by atoms with Gasteiger partial charge in [0.05, 0.1) is 26.8 Å². The van der Waals surface area contributed by atoms with E-state index in [4.69, 9.17) is 15.0 Å². The summed E-state index contributed by atoms with van der Waals surface area (Å²) in [6.45, 7) is 0. The van der Waals surface area contributed by atoms with E-state index in [-0.39, 0.29) is 0 Å². The molecule has 9 rings (SSSR count). The Hall–Kier alpha value is -5.78. The Morgan fingerprint density at radius 2 is 1.16 bits per heavy atom. The van der Waals surface area contributed by atoms with Gasteiger partial charge in [-0.05, 0) is 64.7 Å². The Bertz CT molecular complexity index is 2550. The fourth-order valence-electron chi connectivity index (χ4n) is 6.12. The van der Waals surface area contributed by atoms with Gasteiger partial charge in [0.1, 0.15) is 5.01 Å². The van der Waals surface area contributed by atoms with Gasteiger partial charge in [0.2, 0.25) is 0 Å². The van der Waals surface area contributed by atoms with Crippen LogP contribution < -0.4 is 0 Å². The second-order valence-corrected chi connectivity index (χ2v) is 12.2. The first-order chi connectivity index (χ1) is 22.3. The van der Waals surface area contributed by atoms with Crippen LogP contribution in [-0.2, 0) is 0 Å². The number of benzene rings is 5. The molecule has 0 saturated carbocycles. The zero-order valence-corrected chi connectivity index (χ0v) is 24.9. The number of aromatic nitrogens is 4. The zero-order valence-electron chi connectivity index (χ0n) is 24.1. The SMILES string of the molecule is c1ccc(-c2nc3ccc(-c4ccc(-c5cnc6c(ccc7cccnc76)c5)c(-c5cnc6ccccc6c5)c4)cc3s2)cc1. The smallest absolute Gasteiger partial charge is 0.124 e. The van der Waals surface area contributed by atoms with Crippen LogP contribution in [0.5, 0.6) is 0 Å². The van der Waals surface area contributed by atoms with Gasteiger partial charge < -0.3 is 0 Å². The van der Waals surface area contributed by atoms with E-state index in [0.717, 1.165) is 82.2 Å². The first-order valence-corrected chi connectivity index (χ1v) is 15.7. The molecule has 0 aliphatic heterocycles. The topological polar surface area (TPSA) is 51.6 Å². The Balaban J connectivity index is 1.20. The first kappa shape index (κ1) is 25.7. The predicted octanol–water partition coefficient (Wildman–Crippen LogP) is 10.6. The normalized spacial score (nSPS) is 11.6. The van der Waals surface area contributed by atoms with Crippen molar-refractivity contribution in [3.05, 3.63) is 146 Å². The van der Waals surface area contributed by atoms with Gasteiger partial charge in [-0.25, -0.2) is 4.98 Å². The van der Waals surface area contributed by atoms with Gasteiger partial charge in [-0.2, -0.15) is 0 Å². The molecule has 0 N–H and O–H groups in total. The first-order valence-electron chi connectivity index (χ1n) is 14.9. The molecule has 9 aromatic rings. The van der Waals surface area contributed by atoms with E-state index < -0.39 is 0 Å². The number of hydrogen-bond donors (Lipinski definition) is 0. The Kier molecular flexibility index (Phi) is 5.96. The number of nitrogens with zero attached hydrogens (tertiary/aromatic N) is 4. The molecule has 0 amide bonds. The molecule has 5 aromatic carbocycles. The Morgan fingerprint density at radius 3 is 2.11 bits per heavy atom. The number of fused-ring (bicyclic) bond motifs is 5. The highest BCUT2D eigenvalue weighted by atomic mass is 32.1. The highest BCUT2D eigenvalue weighted by molar-refractivity contribution is 7.21. The molecule has 4 aromatic heterocycles. The van der Waals surface area contributed by atoms with Crippen molar-refractivity contribution in [3.8, 4) is 44.0 Å². The van der Waals surface area contributed by atoms with Crippen molar-refractivity contribution < 1.29 is 0 Å². The van der Waals surface area contributed by atoms with Gasteiger partial charge in [0.25, 0.3) is 0 Å². The maximum absolute atomic E-state index is 4.93. The van der Waals surface area contributed by atoms with Crippen molar-refractivity contribution in [1.29, 1.82) is 0 Å². The molecule has 4 heterocycles. The largest absolute Gasteiger partial charge is 0.256 e. The fourth-order valence-corrected chi connectivity index (χ4v) is 7.14. The Morgan fingerprint density at radius 1 is 0.422 bits per heavy atom. The van der Waals surface area contributed by atoms with Crippen LogP contribution in [0.25, 0.3) is 86.9 Å². The van der Waals surface area contributed by atoms with E-state index in [0.29, 0.717) is 0 Å². The molecular formula is C40H24N4S. The molecule has 0 unspecified atom stereocenters. The van der Waals surface area contributed by atoms with Crippen molar-refractivity contribution in [3.63, 3.8) is 0 Å². The van der Waals surface area contributed by atoms with Crippen LogP contribution in [0.4, 0.5) is 0 Å². The van der Waals surface area contributed by atoms with Crippen LogP contribution in [0, 0.1) is 0 Å². The Labute approximate surface area is 263 Å².